The van der Waals surface area contributed by atoms with Crippen LogP contribution in [0.5, 0.6) is 0 Å². The minimum atomic E-state index is -0.322. The van der Waals surface area contributed by atoms with E-state index in [1.54, 1.807) is 18.2 Å². The molecule has 0 heterocycles. The Hall–Kier alpha value is -1.42. The van der Waals surface area contributed by atoms with Crippen LogP contribution in [0.15, 0.2) is 24.3 Å². The molecule has 0 N–H and O–H groups in total. The van der Waals surface area contributed by atoms with Gasteiger partial charge in [-0.05, 0) is 12.8 Å². The predicted octanol–water partition coefficient (Wildman–Crippen LogP) is 4.53. The molecule has 0 saturated carbocycles. The van der Waals surface area contributed by atoms with Gasteiger partial charge < -0.3 is 4.48 Å². The van der Waals surface area contributed by atoms with Crippen molar-refractivity contribution in [2.45, 2.75) is 52.0 Å². The minimum Gasteiger partial charge on any atom is -0.325 e. The highest BCUT2D eigenvalue weighted by atomic mass is 16.6. The van der Waals surface area contributed by atoms with E-state index in [-0.39, 0.29) is 10.6 Å². The van der Waals surface area contributed by atoms with E-state index in [0.717, 1.165) is 23.1 Å². The van der Waals surface area contributed by atoms with E-state index >= 15 is 0 Å². The summed E-state index contributed by atoms with van der Waals surface area (Å²) in [5.74, 6) is 0. The lowest BCUT2D eigenvalue weighted by molar-refractivity contribution is -0.903. The maximum Gasteiger partial charge on any atom is 0.269 e. The number of quaternary nitrogens is 1. The number of unbranched alkanes of at least 4 members (excludes halogenated alkanes) is 5. The van der Waals surface area contributed by atoms with Crippen molar-refractivity contribution in [1.82, 2.24) is 0 Å². The van der Waals surface area contributed by atoms with Gasteiger partial charge in [0.1, 0.15) is 6.54 Å². The van der Waals surface area contributed by atoms with Crippen LogP contribution in [0.2, 0.25) is 0 Å². The fourth-order valence-electron chi connectivity index (χ4n) is 2.66. The zero-order valence-corrected chi connectivity index (χ0v) is 13.7. The van der Waals surface area contributed by atoms with Crippen LogP contribution in [0.4, 0.5) is 5.69 Å². The SMILES string of the molecule is CCCCCCCC[N+](C)(C)Cc1cccc([N+](=O)[O-])c1. The molecule has 0 unspecified atom stereocenters. The molecule has 4 nitrogen and oxygen atoms in total. The minimum absolute atomic E-state index is 0.187. The summed E-state index contributed by atoms with van der Waals surface area (Å²) >= 11 is 0. The van der Waals surface area contributed by atoms with Crippen molar-refractivity contribution in [2.75, 3.05) is 20.6 Å². The predicted molar refractivity (Wildman–Crippen MR) is 87.2 cm³/mol. The third-order valence-corrected chi connectivity index (χ3v) is 3.85. The first-order chi connectivity index (χ1) is 9.94. The monoisotopic (exact) mass is 293 g/mol. The van der Waals surface area contributed by atoms with Gasteiger partial charge in [-0.25, -0.2) is 0 Å². The molecule has 0 saturated heterocycles. The van der Waals surface area contributed by atoms with E-state index in [0.29, 0.717) is 0 Å². The summed E-state index contributed by atoms with van der Waals surface area (Å²) in [5, 5.41) is 10.8. The van der Waals surface area contributed by atoms with Crippen molar-refractivity contribution in [3.05, 3.63) is 39.9 Å². The fourth-order valence-corrected chi connectivity index (χ4v) is 2.66. The van der Waals surface area contributed by atoms with Crippen LogP contribution in [0, 0.1) is 10.1 Å². The van der Waals surface area contributed by atoms with Crippen molar-refractivity contribution in [1.29, 1.82) is 0 Å². The quantitative estimate of drug-likeness (QED) is 0.275. The van der Waals surface area contributed by atoms with Crippen molar-refractivity contribution < 1.29 is 9.41 Å². The lowest BCUT2D eigenvalue weighted by Gasteiger charge is -2.30. The Bertz CT molecular complexity index is 444. The first-order valence-corrected chi connectivity index (χ1v) is 8.00. The molecule has 0 bridgehead atoms. The van der Waals surface area contributed by atoms with Crippen LogP contribution >= 0.6 is 0 Å². The van der Waals surface area contributed by atoms with Gasteiger partial charge in [-0.3, -0.25) is 10.1 Å². The van der Waals surface area contributed by atoms with Crippen LogP contribution in [0.25, 0.3) is 0 Å². The molecule has 1 rings (SSSR count). The number of hydrogen-bond acceptors (Lipinski definition) is 2. The first kappa shape index (κ1) is 17.6. The Kier molecular flexibility index (Phi) is 7.37. The van der Waals surface area contributed by atoms with Crippen LogP contribution in [-0.4, -0.2) is 30.0 Å². The first-order valence-electron chi connectivity index (χ1n) is 8.00. The lowest BCUT2D eigenvalue weighted by atomic mass is 10.1. The largest absolute Gasteiger partial charge is 0.325 e. The van der Waals surface area contributed by atoms with Gasteiger partial charge in [0.15, 0.2) is 0 Å². The maximum absolute atomic E-state index is 10.8. The van der Waals surface area contributed by atoms with Gasteiger partial charge in [0.05, 0.1) is 25.6 Å². The molecule has 21 heavy (non-hydrogen) atoms. The number of benzene rings is 1. The van der Waals surface area contributed by atoms with Gasteiger partial charge in [-0.15, -0.1) is 0 Å². The number of rotatable bonds is 10. The van der Waals surface area contributed by atoms with Crippen molar-refractivity contribution in [2.24, 2.45) is 0 Å². The molecule has 1 aromatic carbocycles. The summed E-state index contributed by atoms with van der Waals surface area (Å²) in [6.07, 6.45) is 7.81. The molecule has 0 atom stereocenters. The summed E-state index contributed by atoms with van der Waals surface area (Å²) < 4.78 is 0.884. The molecule has 0 amide bonds. The second-order valence-electron chi connectivity index (χ2n) is 6.51. The molecule has 0 radical (unpaired) electrons. The Morgan fingerprint density at radius 2 is 1.76 bits per heavy atom. The van der Waals surface area contributed by atoms with Gasteiger partial charge in [0, 0.05) is 17.7 Å². The normalized spacial score (nSPS) is 11.6. The van der Waals surface area contributed by atoms with E-state index in [9.17, 15) is 10.1 Å². The summed E-state index contributed by atoms with van der Waals surface area (Å²) in [6, 6.07) is 7.00. The van der Waals surface area contributed by atoms with Gasteiger partial charge in [-0.1, -0.05) is 44.7 Å². The summed E-state index contributed by atoms with van der Waals surface area (Å²) in [6.45, 7) is 4.20. The van der Waals surface area contributed by atoms with E-state index in [1.807, 2.05) is 6.07 Å². The van der Waals surface area contributed by atoms with Crippen LogP contribution in [0.1, 0.15) is 51.0 Å². The Balaban J connectivity index is 2.41. The Morgan fingerprint density at radius 1 is 1.10 bits per heavy atom. The molecule has 1 aromatic rings. The smallest absolute Gasteiger partial charge is 0.269 e. The summed E-state index contributed by atoms with van der Waals surface area (Å²) in [5.41, 5.74) is 1.23. The van der Waals surface area contributed by atoms with Crippen LogP contribution in [-0.2, 0) is 6.54 Å². The van der Waals surface area contributed by atoms with Gasteiger partial charge in [-0.2, -0.15) is 0 Å². The van der Waals surface area contributed by atoms with Crippen LogP contribution in [0.3, 0.4) is 0 Å². The highest BCUT2D eigenvalue weighted by molar-refractivity contribution is 5.33. The number of non-ortho nitro benzene ring substituents is 1. The molecule has 0 aliphatic heterocycles. The topological polar surface area (TPSA) is 43.1 Å². The Labute approximate surface area is 128 Å². The molecule has 0 aromatic heterocycles. The fraction of sp³-hybridized carbons (Fsp3) is 0.647. The third-order valence-electron chi connectivity index (χ3n) is 3.85. The summed E-state index contributed by atoms with van der Waals surface area (Å²) in [7, 11) is 4.40. The molecule has 0 fully saturated rings. The van der Waals surface area contributed by atoms with Gasteiger partial charge in [0.25, 0.3) is 5.69 Å². The zero-order chi connectivity index (χ0) is 15.7. The van der Waals surface area contributed by atoms with Gasteiger partial charge >= 0.3 is 0 Å². The standard InChI is InChI=1S/C17H29N2O2/c1-4-5-6-7-8-9-13-19(2,3)15-16-11-10-12-17(14-16)18(20)21/h10-12,14H,4-9,13,15H2,1-3H3/q+1. The van der Waals surface area contributed by atoms with E-state index < -0.39 is 0 Å². The lowest BCUT2D eigenvalue weighted by Crippen LogP contribution is -2.39. The van der Waals surface area contributed by atoms with Gasteiger partial charge in [0.2, 0.25) is 0 Å². The highest BCUT2D eigenvalue weighted by Gasteiger charge is 2.17. The molecular weight excluding hydrogens is 264 g/mol. The average Bonchev–Trinajstić information content (AvgIpc) is 2.42. The highest BCUT2D eigenvalue weighted by Crippen LogP contribution is 2.17. The molecule has 0 aliphatic carbocycles. The molecule has 0 spiro atoms. The summed E-state index contributed by atoms with van der Waals surface area (Å²) in [4.78, 5) is 10.5. The number of hydrogen-bond donors (Lipinski definition) is 0. The zero-order valence-electron chi connectivity index (χ0n) is 13.7. The maximum atomic E-state index is 10.8. The number of nitro groups is 1. The molecular formula is C17H29N2O2+. The third kappa shape index (κ3) is 7.23. The molecule has 4 heteroatoms. The van der Waals surface area contributed by atoms with Crippen molar-refractivity contribution >= 4 is 5.69 Å². The number of nitro benzene ring substituents is 1. The van der Waals surface area contributed by atoms with Crippen molar-refractivity contribution in [3.8, 4) is 0 Å². The molecule has 118 valence electrons. The van der Waals surface area contributed by atoms with E-state index in [4.69, 9.17) is 0 Å². The van der Waals surface area contributed by atoms with Crippen LogP contribution < -0.4 is 0 Å². The van der Waals surface area contributed by atoms with E-state index in [2.05, 4.69) is 21.0 Å². The number of nitrogens with zero attached hydrogens (tertiary/aromatic N) is 2. The second-order valence-corrected chi connectivity index (χ2v) is 6.51. The average molecular weight is 293 g/mol. The second kappa shape index (κ2) is 8.78. The van der Waals surface area contributed by atoms with Crippen molar-refractivity contribution in [3.63, 3.8) is 0 Å². The molecule has 0 aliphatic rings. The Morgan fingerprint density at radius 3 is 2.43 bits per heavy atom. The van der Waals surface area contributed by atoms with E-state index in [1.165, 1.54) is 38.5 Å².